The first-order valence-corrected chi connectivity index (χ1v) is 9.34. The number of rotatable bonds is 6. The van der Waals surface area contributed by atoms with Gasteiger partial charge in [-0.15, -0.1) is 11.8 Å². The van der Waals surface area contributed by atoms with Crippen molar-refractivity contribution >= 4 is 17.7 Å². The molecule has 1 amide bonds. The van der Waals surface area contributed by atoms with Gasteiger partial charge in [0.1, 0.15) is 5.25 Å². The molecule has 1 atom stereocenters. The number of carbonyl (C=O) groups is 1. The second-order valence-corrected chi connectivity index (χ2v) is 7.20. The summed E-state index contributed by atoms with van der Waals surface area (Å²) in [6.45, 7) is 2.23. The average Bonchev–Trinajstić information content (AvgIpc) is 2.68. The van der Waals surface area contributed by atoms with Gasteiger partial charge < -0.3 is 10.6 Å². The molecule has 26 heavy (non-hydrogen) atoms. The summed E-state index contributed by atoms with van der Waals surface area (Å²) in [5.41, 5.74) is 2.01. The zero-order valence-electron chi connectivity index (χ0n) is 14.2. The van der Waals surface area contributed by atoms with Crippen molar-refractivity contribution in [2.45, 2.75) is 16.6 Å². The molecule has 0 aromatic heterocycles. The van der Waals surface area contributed by atoms with Crippen molar-refractivity contribution in [1.82, 2.24) is 10.6 Å². The van der Waals surface area contributed by atoms with Crippen molar-refractivity contribution in [3.63, 3.8) is 0 Å². The molecule has 2 aromatic carbocycles. The first-order valence-electron chi connectivity index (χ1n) is 8.46. The third-order valence-electron chi connectivity index (χ3n) is 4.13. The van der Waals surface area contributed by atoms with Crippen molar-refractivity contribution in [2.75, 3.05) is 19.6 Å². The Hall–Kier alpha value is -2.18. The number of halogens is 2. The Labute approximate surface area is 155 Å². The summed E-state index contributed by atoms with van der Waals surface area (Å²) < 4.78 is 26.7. The predicted molar refractivity (Wildman–Crippen MR) is 100.0 cm³/mol. The minimum absolute atomic E-state index is 0.148. The molecule has 1 aliphatic heterocycles. The Morgan fingerprint density at radius 2 is 1.96 bits per heavy atom. The zero-order chi connectivity index (χ0) is 18.4. The summed E-state index contributed by atoms with van der Waals surface area (Å²) in [4.78, 5) is 13.3. The summed E-state index contributed by atoms with van der Waals surface area (Å²) >= 11 is 1.21. The van der Waals surface area contributed by atoms with Crippen LogP contribution in [0, 0.1) is 11.6 Å². The number of hydrogen-bond acceptors (Lipinski definition) is 3. The van der Waals surface area contributed by atoms with Crippen LogP contribution in [-0.2, 0) is 4.79 Å². The van der Waals surface area contributed by atoms with Gasteiger partial charge in [-0.05, 0) is 36.7 Å². The van der Waals surface area contributed by atoms with E-state index >= 15 is 0 Å². The smallest absolute Gasteiger partial charge is 0.238 e. The van der Waals surface area contributed by atoms with Gasteiger partial charge in [0.05, 0.1) is 0 Å². The van der Waals surface area contributed by atoms with E-state index in [-0.39, 0.29) is 5.91 Å². The highest BCUT2D eigenvalue weighted by Crippen LogP contribution is 2.36. The lowest BCUT2D eigenvalue weighted by Gasteiger charge is -2.19. The molecule has 3 rings (SSSR count). The van der Waals surface area contributed by atoms with Crippen molar-refractivity contribution < 1.29 is 13.6 Å². The highest BCUT2D eigenvalue weighted by molar-refractivity contribution is 8.00. The SMILES string of the molecule is O=C(NCC1=CCNCC1)C(Sc1ccc(F)c(F)c1)c1ccccc1. The van der Waals surface area contributed by atoms with E-state index in [1.807, 2.05) is 30.3 Å². The fourth-order valence-corrected chi connectivity index (χ4v) is 3.78. The number of hydrogen-bond donors (Lipinski definition) is 2. The quantitative estimate of drug-likeness (QED) is 0.596. The molecule has 0 saturated carbocycles. The van der Waals surface area contributed by atoms with Gasteiger partial charge in [0.25, 0.3) is 0 Å². The summed E-state index contributed by atoms with van der Waals surface area (Å²) in [5, 5.41) is 5.67. The third-order valence-corrected chi connectivity index (χ3v) is 5.38. The van der Waals surface area contributed by atoms with Crippen LogP contribution in [0.3, 0.4) is 0 Å². The van der Waals surface area contributed by atoms with E-state index < -0.39 is 16.9 Å². The Kier molecular flexibility index (Phi) is 6.41. The van der Waals surface area contributed by atoms with Gasteiger partial charge in [-0.1, -0.05) is 42.0 Å². The number of nitrogens with one attached hydrogen (secondary N) is 2. The molecule has 0 fully saturated rings. The van der Waals surface area contributed by atoms with Crippen LogP contribution in [0.2, 0.25) is 0 Å². The summed E-state index contributed by atoms with van der Waals surface area (Å²) in [6.07, 6.45) is 3.00. The van der Waals surface area contributed by atoms with Crippen LogP contribution in [0.4, 0.5) is 8.78 Å². The summed E-state index contributed by atoms with van der Waals surface area (Å²) in [5.74, 6) is -1.96. The molecule has 2 N–H and O–H groups in total. The molecule has 1 unspecified atom stereocenters. The topological polar surface area (TPSA) is 41.1 Å². The Bertz CT molecular complexity index is 796. The van der Waals surface area contributed by atoms with E-state index in [0.29, 0.717) is 11.4 Å². The second-order valence-electron chi connectivity index (χ2n) is 6.02. The summed E-state index contributed by atoms with van der Waals surface area (Å²) in [7, 11) is 0. The second kappa shape index (κ2) is 8.96. The number of thioether (sulfide) groups is 1. The Balaban J connectivity index is 1.75. The van der Waals surface area contributed by atoms with Crippen molar-refractivity contribution in [2.24, 2.45) is 0 Å². The maximum Gasteiger partial charge on any atom is 0.238 e. The van der Waals surface area contributed by atoms with E-state index in [4.69, 9.17) is 0 Å². The molecule has 3 nitrogen and oxygen atoms in total. The van der Waals surface area contributed by atoms with Crippen LogP contribution >= 0.6 is 11.8 Å². The predicted octanol–water partition coefficient (Wildman–Crippen LogP) is 3.83. The molecule has 1 aliphatic rings. The molecule has 0 radical (unpaired) electrons. The van der Waals surface area contributed by atoms with Crippen LogP contribution in [0.25, 0.3) is 0 Å². The van der Waals surface area contributed by atoms with Gasteiger partial charge >= 0.3 is 0 Å². The van der Waals surface area contributed by atoms with Crippen LogP contribution in [-0.4, -0.2) is 25.5 Å². The lowest BCUT2D eigenvalue weighted by molar-refractivity contribution is -0.120. The van der Waals surface area contributed by atoms with Crippen LogP contribution in [0.1, 0.15) is 17.2 Å². The number of carbonyl (C=O) groups excluding carboxylic acids is 1. The van der Waals surface area contributed by atoms with Gasteiger partial charge in [-0.25, -0.2) is 8.78 Å². The highest BCUT2D eigenvalue weighted by Gasteiger charge is 2.22. The molecule has 0 aliphatic carbocycles. The molecule has 1 heterocycles. The van der Waals surface area contributed by atoms with E-state index in [9.17, 15) is 13.6 Å². The van der Waals surface area contributed by atoms with Crippen LogP contribution in [0.5, 0.6) is 0 Å². The molecule has 2 aromatic rings. The van der Waals surface area contributed by atoms with Gasteiger partial charge in [0.15, 0.2) is 11.6 Å². The standard InChI is InChI=1S/C20H20F2N2OS/c21-17-7-6-16(12-18(17)22)26-19(15-4-2-1-3-5-15)20(25)24-13-14-8-10-23-11-9-14/h1-8,12,19,23H,9-11,13H2,(H,24,25). The number of benzene rings is 2. The fraction of sp³-hybridized carbons (Fsp3) is 0.250. The summed E-state index contributed by atoms with van der Waals surface area (Å²) in [6, 6.07) is 13.0. The van der Waals surface area contributed by atoms with Crippen LogP contribution in [0.15, 0.2) is 65.1 Å². The van der Waals surface area contributed by atoms with Gasteiger partial charge in [-0.2, -0.15) is 0 Å². The zero-order valence-corrected chi connectivity index (χ0v) is 15.0. The largest absolute Gasteiger partial charge is 0.351 e. The molecule has 136 valence electrons. The fourth-order valence-electron chi connectivity index (χ4n) is 2.71. The minimum atomic E-state index is -0.915. The normalized spacial score (nSPS) is 15.2. The van der Waals surface area contributed by atoms with Crippen molar-refractivity contribution in [3.8, 4) is 0 Å². The van der Waals surface area contributed by atoms with Crippen molar-refractivity contribution in [3.05, 3.63) is 77.4 Å². The molecular formula is C20H20F2N2OS. The molecule has 0 spiro atoms. The maximum atomic E-state index is 13.5. The number of amides is 1. The monoisotopic (exact) mass is 374 g/mol. The molecule has 6 heteroatoms. The Morgan fingerprint density at radius 3 is 2.65 bits per heavy atom. The van der Waals surface area contributed by atoms with Crippen molar-refractivity contribution in [1.29, 1.82) is 0 Å². The van der Waals surface area contributed by atoms with E-state index in [2.05, 4.69) is 16.7 Å². The van der Waals surface area contributed by atoms with Gasteiger partial charge in [0.2, 0.25) is 5.91 Å². The minimum Gasteiger partial charge on any atom is -0.351 e. The average molecular weight is 374 g/mol. The van der Waals surface area contributed by atoms with E-state index in [1.165, 1.54) is 23.4 Å². The lowest BCUT2D eigenvalue weighted by Crippen LogP contribution is -2.32. The van der Waals surface area contributed by atoms with Crippen LogP contribution < -0.4 is 10.6 Å². The van der Waals surface area contributed by atoms with E-state index in [1.54, 1.807) is 0 Å². The highest BCUT2D eigenvalue weighted by atomic mass is 32.2. The van der Waals surface area contributed by atoms with E-state index in [0.717, 1.165) is 37.2 Å². The third kappa shape index (κ3) is 4.93. The Morgan fingerprint density at radius 1 is 1.15 bits per heavy atom. The molecule has 0 saturated heterocycles. The van der Waals surface area contributed by atoms with Gasteiger partial charge in [0, 0.05) is 18.0 Å². The first kappa shape index (κ1) is 18.6. The first-order chi connectivity index (χ1) is 12.6. The lowest BCUT2D eigenvalue weighted by atomic mass is 10.1. The maximum absolute atomic E-state index is 13.5. The molecule has 0 bridgehead atoms. The van der Waals surface area contributed by atoms with Gasteiger partial charge in [-0.3, -0.25) is 4.79 Å². The molecular weight excluding hydrogens is 354 g/mol.